The first-order valence-corrected chi connectivity index (χ1v) is 8.31. The van der Waals surface area contributed by atoms with Gasteiger partial charge in [0.15, 0.2) is 0 Å². The number of benzene rings is 2. The third-order valence-electron chi connectivity index (χ3n) is 3.24. The number of ether oxygens (including phenoxy) is 1. The highest BCUT2D eigenvalue weighted by molar-refractivity contribution is 7.89. The van der Waals surface area contributed by atoms with Crippen molar-refractivity contribution in [3.8, 4) is 11.5 Å². The highest BCUT2D eigenvalue weighted by Crippen LogP contribution is 2.21. The summed E-state index contributed by atoms with van der Waals surface area (Å²) in [5.74, 6) is 0.502. The van der Waals surface area contributed by atoms with Crippen LogP contribution in [0.2, 0.25) is 0 Å². The smallest absolute Gasteiger partial charge is 0.276 e. The largest absolute Gasteiger partial charge is 0.507 e. The van der Waals surface area contributed by atoms with Crippen LogP contribution in [0.4, 0.5) is 0 Å². The van der Waals surface area contributed by atoms with E-state index in [1.807, 2.05) is 13.0 Å². The highest BCUT2D eigenvalue weighted by atomic mass is 32.2. The summed E-state index contributed by atoms with van der Waals surface area (Å²) < 4.78 is 29.6. The molecule has 0 heterocycles. The van der Waals surface area contributed by atoms with Gasteiger partial charge in [0.2, 0.25) is 0 Å². The predicted molar refractivity (Wildman–Crippen MR) is 88.5 cm³/mol. The van der Waals surface area contributed by atoms with Gasteiger partial charge in [0.25, 0.3) is 10.0 Å². The fourth-order valence-corrected chi connectivity index (χ4v) is 3.10. The Balaban J connectivity index is 2.24. The molecular weight excluding hydrogens is 316 g/mol. The average Bonchev–Trinajstić information content (AvgIpc) is 2.51. The van der Waals surface area contributed by atoms with E-state index in [0.29, 0.717) is 16.9 Å². The van der Waals surface area contributed by atoms with E-state index in [-0.39, 0.29) is 10.6 Å². The highest BCUT2D eigenvalue weighted by Gasteiger charge is 2.15. The quantitative estimate of drug-likeness (QED) is 0.649. The summed E-state index contributed by atoms with van der Waals surface area (Å²) in [6.07, 6.45) is 1.22. The van der Waals surface area contributed by atoms with Crippen LogP contribution in [0.25, 0.3) is 0 Å². The van der Waals surface area contributed by atoms with Gasteiger partial charge in [0.1, 0.15) is 11.5 Å². The normalized spacial score (nSPS) is 11.6. The molecule has 2 rings (SSSR count). The predicted octanol–water partition coefficient (Wildman–Crippen LogP) is 2.33. The zero-order valence-electron chi connectivity index (χ0n) is 13.1. The molecule has 0 bridgehead atoms. The summed E-state index contributed by atoms with van der Waals surface area (Å²) in [5.41, 5.74) is 1.81. The molecule has 0 unspecified atom stereocenters. The van der Waals surface area contributed by atoms with Crippen molar-refractivity contribution in [2.45, 2.75) is 18.7 Å². The van der Waals surface area contributed by atoms with E-state index in [9.17, 15) is 13.5 Å². The molecule has 6 nitrogen and oxygen atoms in total. The van der Waals surface area contributed by atoms with E-state index < -0.39 is 10.0 Å². The summed E-state index contributed by atoms with van der Waals surface area (Å²) >= 11 is 0. The fourth-order valence-electron chi connectivity index (χ4n) is 1.97. The number of hydrogen-bond acceptors (Lipinski definition) is 5. The molecule has 122 valence electrons. The van der Waals surface area contributed by atoms with Crippen LogP contribution in [0, 0.1) is 13.8 Å². The Labute approximate surface area is 135 Å². The van der Waals surface area contributed by atoms with Gasteiger partial charge in [-0.1, -0.05) is 12.1 Å². The second-order valence-electron chi connectivity index (χ2n) is 5.05. The number of nitrogens with one attached hydrogen (secondary N) is 1. The van der Waals surface area contributed by atoms with Gasteiger partial charge in [-0.2, -0.15) is 13.5 Å². The first-order valence-electron chi connectivity index (χ1n) is 6.82. The van der Waals surface area contributed by atoms with Gasteiger partial charge in [-0.05, 0) is 49.2 Å². The van der Waals surface area contributed by atoms with Crippen molar-refractivity contribution in [3.63, 3.8) is 0 Å². The first-order chi connectivity index (χ1) is 10.8. The molecule has 0 saturated carbocycles. The third-order valence-corrected chi connectivity index (χ3v) is 4.61. The van der Waals surface area contributed by atoms with Gasteiger partial charge in [0, 0.05) is 5.56 Å². The molecule has 0 aliphatic rings. The monoisotopic (exact) mass is 334 g/mol. The summed E-state index contributed by atoms with van der Waals surface area (Å²) in [7, 11) is -2.28. The van der Waals surface area contributed by atoms with Gasteiger partial charge in [-0.25, -0.2) is 4.83 Å². The van der Waals surface area contributed by atoms with Gasteiger partial charge < -0.3 is 9.84 Å². The maximum Gasteiger partial charge on any atom is 0.276 e. The van der Waals surface area contributed by atoms with Crippen molar-refractivity contribution < 1.29 is 18.3 Å². The van der Waals surface area contributed by atoms with Crippen LogP contribution >= 0.6 is 0 Å². The minimum absolute atomic E-state index is 0.0273. The summed E-state index contributed by atoms with van der Waals surface area (Å²) in [6.45, 7) is 3.53. The number of phenolic OH excluding ortho intramolecular Hbond substituents is 1. The lowest BCUT2D eigenvalue weighted by Gasteiger charge is -2.08. The number of aryl methyl sites for hydroxylation is 2. The number of sulfonamides is 1. The molecule has 0 atom stereocenters. The van der Waals surface area contributed by atoms with E-state index >= 15 is 0 Å². The van der Waals surface area contributed by atoms with E-state index in [4.69, 9.17) is 4.74 Å². The molecule has 0 spiro atoms. The van der Waals surface area contributed by atoms with Crippen molar-refractivity contribution >= 4 is 16.2 Å². The van der Waals surface area contributed by atoms with E-state index in [1.165, 1.54) is 19.4 Å². The molecule has 7 heteroatoms. The van der Waals surface area contributed by atoms with Crippen LogP contribution in [0.5, 0.6) is 11.5 Å². The Morgan fingerprint density at radius 2 is 1.91 bits per heavy atom. The zero-order valence-corrected chi connectivity index (χ0v) is 13.9. The van der Waals surface area contributed by atoms with Gasteiger partial charge in [-0.15, -0.1) is 0 Å². The first kappa shape index (κ1) is 16.8. The van der Waals surface area contributed by atoms with E-state index in [1.54, 1.807) is 31.2 Å². The van der Waals surface area contributed by atoms with Crippen LogP contribution in [-0.2, 0) is 10.0 Å². The van der Waals surface area contributed by atoms with E-state index in [2.05, 4.69) is 9.93 Å². The average molecular weight is 334 g/mol. The fraction of sp³-hybridized carbons (Fsp3) is 0.188. The summed E-state index contributed by atoms with van der Waals surface area (Å²) in [4.78, 5) is 2.32. The lowest BCUT2D eigenvalue weighted by molar-refractivity contribution is 0.412. The molecule has 0 aliphatic heterocycles. The van der Waals surface area contributed by atoms with Crippen LogP contribution < -0.4 is 9.57 Å². The van der Waals surface area contributed by atoms with Gasteiger partial charge in [0.05, 0.1) is 18.2 Å². The van der Waals surface area contributed by atoms with Crippen molar-refractivity contribution in [2.24, 2.45) is 5.10 Å². The number of rotatable bonds is 5. The molecule has 23 heavy (non-hydrogen) atoms. The number of phenols is 1. The molecule has 0 aliphatic carbocycles. The Morgan fingerprint density at radius 1 is 1.17 bits per heavy atom. The molecule has 0 saturated heterocycles. The maximum absolute atomic E-state index is 12.3. The number of hydrazone groups is 1. The Bertz CT molecular complexity index is 845. The van der Waals surface area contributed by atoms with Gasteiger partial charge >= 0.3 is 0 Å². The molecule has 0 radical (unpaired) electrons. The molecule has 0 fully saturated rings. The standard InChI is InChI=1S/C16H18N2O4S/c1-11-4-5-12(2)16(8-11)23(20,21)18-17-10-13-9-14(22-3)6-7-15(13)19/h4-10,18-19H,1-3H3. The Morgan fingerprint density at radius 3 is 2.61 bits per heavy atom. The van der Waals surface area contributed by atoms with Crippen LogP contribution in [0.1, 0.15) is 16.7 Å². The minimum atomic E-state index is -3.77. The molecule has 2 N–H and O–H groups in total. The molecule has 0 amide bonds. The number of aromatic hydroxyl groups is 1. The Hall–Kier alpha value is -2.54. The van der Waals surface area contributed by atoms with Crippen LogP contribution in [0.15, 0.2) is 46.4 Å². The molecule has 2 aromatic rings. The van der Waals surface area contributed by atoms with Crippen LogP contribution in [-0.4, -0.2) is 26.8 Å². The van der Waals surface area contributed by atoms with Crippen LogP contribution in [0.3, 0.4) is 0 Å². The molecular formula is C16H18N2O4S. The maximum atomic E-state index is 12.3. The Kier molecular flexibility index (Phi) is 4.90. The van der Waals surface area contributed by atoms with Crippen molar-refractivity contribution in [3.05, 3.63) is 53.1 Å². The van der Waals surface area contributed by atoms with Crippen molar-refractivity contribution in [2.75, 3.05) is 7.11 Å². The molecule has 0 aromatic heterocycles. The minimum Gasteiger partial charge on any atom is -0.507 e. The number of methoxy groups -OCH3 is 1. The number of nitrogens with zero attached hydrogens (tertiary/aromatic N) is 1. The lowest BCUT2D eigenvalue weighted by Crippen LogP contribution is -2.19. The topological polar surface area (TPSA) is 88.0 Å². The second-order valence-corrected chi connectivity index (χ2v) is 6.68. The molecule has 2 aromatic carbocycles. The van der Waals surface area contributed by atoms with Crippen molar-refractivity contribution in [1.82, 2.24) is 4.83 Å². The van der Waals surface area contributed by atoms with Gasteiger partial charge in [-0.3, -0.25) is 0 Å². The summed E-state index contributed by atoms with van der Waals surface area (Å²) in [5, 5.41) is 13.5. The van der Waals surface area contributed by atoms with E-state index in [0.717, 1.165) is 5.56 Å². The van der Waals surface area contributed by atoms with Crippen molar-refractivity contribution in [1.29, 1.82) is 0 Å². The SMILES string of the molecule is COc1ccc(O)c(C=NNS(=O)(=O)c2cc(C)ccc2C)c1. The summed E-state index contributed by atoms with van der Waals surface area (Å²) in [6, 6.07) is 9.74. The third kappa shape index (κ3) is 4.01. The second kappa shape index (κ2) is 6.70. The number of hydrogen-bond donors (Lipinski definition) is 2. The lowest BCUT2D eigenvalue weighted by atomic mass is 10.2. The zero-order chi connectivity index (χ0) is 17.0.